The number of nitrogens with zero attached hydrogens (tertiary/aromatic N) is 4. The van der Waals surface area contributed by atoms with E-state index in [-0.39, 0.29) is 12.5 Å². The fourth-order valence-electron chi connectivity index (χ4n) is 3.57. The number of amides is 1. The van der Waals surface area contributed by atoms with E-state index in [1.165, 1.54) is 9.88 Å². The van der Waals surface area contributed by atoms with Gasteiger partial charge in [-0.15, -0.1) is 11.3 Å². The molecular formula is C17H28N4O2S. The maximum Gasteiger partial charge on any atom is 0.236 e. The van der Waals surface area contributed by atoms with E-state index in [1.807, 2.05) is 11.1 Å². The van der Waals surface area contributed by atoms with Gasteiger partial charge in [0.15, 0.2) is 0 Å². The number of rotatable bonds is 5. The summed E-state index contributed by atoms with van der Waals surface area (Å²) in [6.07, 6.45) is 4.14. The van der Waals surface area contributed by atoms with Crippen LogP contribution in [0, 0.1) is 6.92 Å². The third-order valence-corrected chi connectivity index (χ3v) is 6.08. The molecule has 134 valence electrons. The van der Waals surface area contributed by atoms with Crippen molar-refractivity contribution in [1.29, 1.82) is 0 Å². The number of aliphatic hydroxyl groups excluding tert-OH is 1. The molecule has 7 heteroatoms. The number of thiazole rings is 1. The van der Waals surface area contributed by atoms with Crippen LogP contribution in [0.1, 0.15) is 28.6 Å². The molecule has 1 unspecified atom stereocenters. The monoisotopic (exact) mass is 352 g/mol. The average molecular weight is 353 g/mol. The second-order valence-electron chi connectivity index (χ2n) is 6.83. The molecule has 1 N–H and O–H groups in total. The van der Waals surface area contributed by atoms with E-state index in [9.17, 15) is 4.79 Å². The molecule has 2 saturated heterocycles. The molecular weight excluding hydrogens is 324 g/mol. The van der Waals surface area contributed by atoms with E-state index in [2.05, 4.69) is 21.7 Å². The summed E-state index contributed by atoms with van der Waals surface area (Å²) >= 11 is 1.76. The van der Waals surface area contributed by atoms with E-state index in [0.717, 1.165) is 58.7 Å². The van der Waals surface area contributed by atoms with Gasteiger partial charge in [0.25, 0.3) is 0 Å². The Bertz CT molecular complexity index is 542. The maximum atomic E-state index is 12.7. The van der Waals surface area contributed by atoms with Crippen LogP contribution in [-0.2, 0) is 4.79 Å². The Balaban J connectivity index is 1.48. The lowest BCUT2D eigenvalue weighted by atomic mass is 9.98. The highest BCUT2D eigenvalue weighted by atomic mass is 32.1. The average Bonchev–Trinajstić information content (AvgIpc) is 3.03. The number of β-amino-alcohol motifs (C(OH)–C–C–N with tert-alkyl or cyclic N) is 1. The van der Waals surface area contributed by atoms with E-state index in [4.69, 9.17) is 5.11 Å². The van der Waals surface area contributed by atoms with Crippen LogP contribution in [0.5, 0.6) is 0 Å². The van der Waals surface area contributed by atoms with Crippen LogP contribution >= 0.6 is 11.3 Å². The minimum atomic E-state index is 0.213. The first kappa shape index (κ1) is 17.8. The van der Waals surface area contributed by atoms with Crippen LogP contribution in [0.2, 0.25) is 0 Å². The normalized spacial score (nSPS) is 23.6. The van der Waals surface area contributed by atoms with Gasteiger partial charge in [-0.05, 0) is 19.8 Å². The Labute approximate surface area is 148 Å². The zero-order valence-electron chi connectivity index (χ0n) is 14.5. The Morgan fingerprint density at radius 2 is 2.04 bits per heavy atom. The van der Waals surface area contributed by atoms with E-state index < -0.39 is 0 Å². The number of carbonyl (C=O) groups is 1. The van der Waals surface area contributed by atoms with Gasteiger partial charge < -0.3 is 10.0 Å². The molecule has 0 aromatic carbocycles. The Kier molecular flexibility index (Phi) is 6.21. The van der Waals surface area contributed by atoms with E-state index >= 15 is 0 Å². The number of aromatic nitrogens is 1. The zero-order chi connectivity index (χ0) is 16.9. The molecule has 3 heterocycles. The Hall–Kier alpha value is -1.02. The molecule has 2 aliphatic rings. The van der Waals surface area contributed by atoms with Gasteiger partial charge in [-0.1, -0.05) is 0 Å². The molecule has 2 fully saturated rings. The molecule has 24 heavy (non-hydrogen) atoms. The summed E-state index contributed by atoms with van der Waals surface area (Å²) in [5.41, 5.74) is 0. The Morgan fingerprint density at radius 3 is 2.71 bits per heavy atom. The predicted octanol–water partition coefficient (Wildman–Crippen LogP) is 0.767. The Morgan fingerprint density at radius 1 is 1.29 bits per heavy atom. The maximum absolute atomic E-state index is 12.7. The fourth-order valence-corrected chi connectivity index (χ4v) is 4.47. The molecule has 1 aromatic rings. The number of aryl methyl sites for hydroxylation is 1. The highest BCUT2D eigenvalue weighted by molar-refractivity contribution is 7.11. The smallest absolute Gasteiger partial charge is 0.236 e. The number of hydrogen-bond donors (Lipinski definition) is 1. The second kappa shape index (κ2) is 8.38. The van der Waals surface area contributed by atoms with Crippen LogP contribution in [0.3, 0.4) is 0 Å². The number of likely N-dealkylation sites (tertiary alicyclic amines) is 1. The van der Waals surface area contributed by atoms with Gasteiger partial charge >= 0.3 is 0 Å². The number of aliphatic hydroxyl groups is 1. The van der Waals surface area contributed by atoms with Gasteiger partial charge in [0.1, 0.15) is 0 Å². The van der Waals surface area contributed by atoms with Crippen molar-refractivity contribution in [2.75, 3.05) is 59.0 Å². The van der Waals surface area contributed by atoms with Crippen LogP contribution in [0.4, 0.5) is 0 Å². The summed E-state index contributed by atoms with van der Waals surface area (Å²) in [6.45, 7) is 8.96. The lowest BCUT2D eigenvalue weighted by Gasteiger charge is -2.37. The topological polar surface area (TPSA) is 59.9 Å². The molecule has 6 nitrogen and oxygen atoms in total. The van der Waals surface area contributed by atoms with Gasteiger partial charge in [-0.25, -0.2) is 4.98 Å². The zero-order valence-corrected chi connectivity index (χ0v) is 15.3. The molecule has 3 rings (SSSR count). The summed E-state index contributed by atoms with van der Waals surface area (Å²) in [6, 6.07) is 0. The molecule has 0 aliphatic carbocycles. The van der Waals surface area contributed by atoms with Gasteiger partial charge in [-0.2, -0.15) is 0 Å². The molecule has 0 bridgehead atoms. The number of hydrogen-bond acceptors (Lipinski definition) is 6. The van der Waals surface area contributed by atoms with Crippen molar-refractivity contribution in [3.05, 3.63) is 16.1 Å². The van der Waals surface area contributed by atoms with E-state index in [1.54, 1.807) is 11.3 Å². The molecule has 0 spiro atoms. The molecule has 1 aromatic heterocycles. The molecule has 0 radical (unpaired) electrons. The van der Waals surface area contributed by atoms with Gasteiger partial charge in [0.05, 0.1) is 18.2 Å². The molecule has 0 saturated carbocycles. The second-order valence-corrected chi connectivity index (χ2v) is 8.10. The third-order valence-electron chi connectivity index (χ3n) is 5.00. The van der Waals surface area contributed by atoms with Crippen LogP contribution in [0.15, 0.2) is 6.20 Å². The van der Waals surface area contributed by atoms with Crippen molar-refractivity contribution in [3.63, 3.8) is 0 Å². The lowest BCUT2D eigenvalue weighted by molar-refractivity contribution is -0.134. The summed E-state index contributed by atoms with van der Waals surface area (Å²) in [5, 5.41) is 10.2. The SMILES string of the molecule is Cc1cnc(C2CCCN(C(=O)CN3CCN(CCO)CC3)C2)s1. The highest BCUT2D eigenvalue weighted by Crippen LogP contribution is 2.29. The van der Waals surface area contributed by atoms with Crippen molar-refractivity contribution >= 4 is 17.2 Å². The van der Waals surface area contributed by atoms with Gasteiger partial charge in [-0.3, -0.25) is 14.6 Å². The summed E-state index contributed by atoms with van der Waals surface area (Å²) in [7, 11) is 0. The number of piperazine rings is 1. The van der Waals surface area contributed by atoms with Crippen molar-refractivity contribution in [1.82, 2.24) is 19.7 Å². The molecule has 1 amide bonds. The first-order valence-corrected chi connectivity index (χ1v) is 9.73. The van der Waals surface area contributed by atoms with Crippen molar-refractivity contribution in [2.45, 2.75) is 25.7 Å². The lowest BCUT2D eigenvalue weighted by Crippen LogP contribution is -2.51. The van der Waals surface area contributed by atoms with E-state index in [0.29, 0.717) is 12.5 Å². The number of piperidine rings is 1. The molecule has 1 atom stereocenters. The van der Waals surface area contributed by atoms with Crippen LogP contribution < -0.4 is 0 Å². The minimum Gasteiger partial charge on any atom is -0.395 e. The fraction of sp³-hybridized carbons (Fsp3) is 0.765. The van der Waals surface area contributed by atoms with Gasteiger partial charge in [0.2, 0.25) is 5.91 Å². The first-order valence-electron chi connectivity index (χ1n) is 8.91. The van der Waals surface area contributed by atoms with Gasteiger partial charge in [0, 0.05) is 62.8 Å². The summed E-state index contributed by atoms with van der Waals surface area (Å²) in [4.78, 5) is 25.0. The van der Waals surface area contributed by atoms with Crippen LogP contribution in [-0.4, -0.2) is 89.7 Å². The first-order chi connectivity index (χ1) is 11.7. The van der Waals surface area contributed by atoms with Crippen molar-refractivity contribution in [3.8, 4) is 0 Å². The summed E-state index contributed by atoms with van der Waals surface area (Å²) < 4.78 is 0. The highest BCUT2D eigenvalue weighted by Gasteiger charge is 2.28. The molecule has 2 aliphatic heterocycles. The largest absolute Gasteiger partial charge is 0.395 e. The minimum absolute atomic E-state index is 0.213. The standard InChI is InChI=1S/C17H28N4O2S/c1-14-11-18-17(24-14)15-3-2-4-21(12-15)16(23)13-20-7-5-19(6-8-20)9-10-22/h11,15,22H,2-10,12-13H2,1H3. The quantitative estimate of drug-likeness (QED) is 0.848. The van der Waals surface area contributed by atoms with Crippen molar-refractivity contribution in [2.24, 2.45) is 0 Å². The summed E-state index contributed by atoms with van der Waals surface area (Å²) in [5.74, 6) is 0.659. The third kappa shape index (κ3) is 4.53. The predicted molar refractivity (Wildman–Crippen MR) is 95.4 cm³/mol. The van der Waals surface area contributed by atoms with Crippen molar-refractivity contribution < 1.29 is 9.90 Å². The van der Waals surface area contributed by atoms with Crippen LogP contribution in [0.25, 0.3) is 0 Å². The number of carbonyl (C=O) groups excluding carboxylic acids is 1.